The van der Waals surface area contributed by atoms with E-state index in [0.717, 1.165) is 49.7 Å². The Morgan fingerprint density at radius 2 is 1.72 bits per heavy atom. The molecule has 0 spiro atoms. The normalized spacial score (nSPS) is 14.8. The van der Waals surface area contributed by atoms with Crippen molar-refractivity contribution in [2.75, 3.05) is 13.1 Å². The summed E-state index contributed by atoms with van der Waals surface area (Å²) in [7, 11) is 0. The minimum Gasteiger partial charge on any atom is -0.477 e. The van der Waals surface area contributed by atoms with Crippen LogP contribution in [-0.4, -0.2) is 40.0 Å². The van der Waals surface area contributed by atoms with Crippen molar-refractivity contribution in [2.24, 2.45) is 0 Å². The smallest absolute Gasteiger partial charge is 0.477 e. The van der Waals surface area contributed by atoms with Crippen molar-refractivity contribution < 1.29 is 32.2 Å². The highest BCUT2D eigenvalue weighted by atomic mass is 19.4. The van der Waals surface area contributed by atoms with Gasteiger partial charge in [-0.2, -0.15) is 4.39 Å². The molecule has 0 saturated carbocycles. The first kappa shape index (κ1) is 21.8. The zero-order chi connectivity index (χ0) is 23.0. The highest BCUT2D eigenvalue weighted by molar-refractivity contribution is 5.95. The number of fused-ring (bicyclic) bond motifs is 1. The Kier molecular flexibility index (Phi) is 5.64. The number of benzene rings is 2. The van der Waals surface area contributed by atoms with E-state index in [2.05, 4.69) is 9.64 Å². The highest BCUT2D eigenvalue weighted by Gasteiger charge is 2.33. The second-order valence-corrected chi connectivity index (χ2v) is 7.49. The lowest BCUT2D eigenvalue weighted by molar-refractivity contribution is -0.274. The van der Waals surface area contributed by atoms with Gasteiger partial charge in [-0.25, -0.2) is 4.79 Å². The summed E-state index contributed by atoms with van der Waals surface area (Å²) < 4.78 is 58.8. The van der Waals surface area contributed by atoms with Crippen molar-refractivity contribution >= 4 is 16.9 Å². The maximum absolute atomic E-state index is 15.3. The van der Waals surface area contributed by atoms with E-state index in [-0.39, 0.29) is 5.69 Å². The molecular formula is C22H18F4N2O4. The van der Waals surface area contributed by atoms with Gasteiger partial charge in [0.2, 0.25) is 11.4 Å². The molecule has 10 heteroatoms. The van der Waals surface area contributed by atoms with Crippen LogP contribution in [0.2, 0.25) is 0 Å². The van der Waals surface area contributed by atoms with Gasteiger partial charge in [0.15, 0.2) is 11.3 Å². The topological polar surface area (TPSA) is 71.8 Å². The molecule has 32 heavy (non-hydrogen) atoms. The largest absolute Gasteiger partial charge is 0.573 e. The second kappa shape index (κ2) is 8.27. The fourth-order valence-electron chi connectivity index (χ4n) is 3.96. The van der Waals surface area contributed by atoms with Crippen molar-refractivity contribution in [1.82, 2.24) is 9.47 Å². The van der Waals surface area contributed by atoms with Crippen LogP contribution in [0.3, 0.4) is 0 Å². The average Bonchev–Trinajstić information content (AvgIpc) is 3.21. The van der Waals surface area contributed by atoms with E-state index < -0.39 is 45.9 Å². The van der Waals surface area contributed by atoms with Crippen molar-refractivity contribution in [1.29, 1.82) is 0 Å². The third kappa shape index (κ3) is 4.18. The number of carbonyl (C=O) groups is 1. The van der Waals surface area contributed by atoms with Crippen LogP contribution in [0.15, 0.2) is 47.3 Å². The van der Waals surface area contributed by atoms with Gasteiger partial charge >= 0.3 is 12.3 Å². The second-order valence-electron chi connectivity index (χ2n) is 7.49. The Hall–Kier alpha value is -3.40. The number of para-hydroxylation sites is 1. The highest BCUT2D eigenvalue weighted by Crippen LogP contribution is 2.32. The molecule has 0 atom stereocenters. The zero-order valence-electron chi connectivity index (χ0n) is 16.7. The molecule has 2 aromatic carbocycles. The van der Waals surface area contributed by atoms with E-state index in [1.54, 1.807) is 12.1 Å². The molecule has 1 aliphatic heterocycles. The summed E-state index contributed by atoms with van der Waals surface area (Å²) in [5, 5.41) is 8.96. The van der Waals surface area contributed by atoms with Gasteiger partial charge in [0.05, 0.1) is 5.39 Å². The van der Waals surface area contributed by atoms with Gasteiger partial charge in [0.1, 0.15) is 5.52 Å². The third-order valence-corrected chi connectivity index (χ3v) is 5.34. The van der Waals surface area contributed by atoms with Crippen LogP contribution in [-0.2, 0) is 6.54 Å². The molecule has 0 amide bonds. The summed E-state index contributed by atoms with van der Waals surface area (Å²) in [5.41, 5.74) is -1.95. The van der Waals surface area contributed by atoms with Gasteiger partial charge in [0.25, 0.3) is 0 Å². The fraction of sp³-hybridized carbons (Fsp3) is 0.273. The molecule has 1 saturated heterocycles. The van der Waals surface area contributed by atoms with E-state index in [1.807, 2.05) is 0 Å². The Morgan fingerprint density at radius 3 is 2.31 bits per heavy atom. The van der Waals surface area contributed by atoms with Gasteiger partial charge in [-0.1, -0.05) is 18.2 Å². The predicted molar refractivity (Wildman–Crippen MR) is 108 cm³/mol. The zero-order valence-corrected chi connectivity index (χ0v) is 16.7. The standard InChI is InChI=1S/C22H18F4N2O4/c23-20-17(21(30)31)19(29)15-4-3-5-16(32-22(24,25)26)18(15)28(20)14-8-6-13(7-9-14)12-27-10-1-2-11-27/h3-9H,1-2,10-12H2,(H,30,31). The summed E-state index contributed by atoms with van der Waals surface area (Å²) >= 11 is 0. The number of nitrogens with zero attached hydrogens (tertiary/aromatic N) is 2. The van der Waals surface area contributed by atoms with Crippen LogP contribution in [0.25, 0.3) is 16.6 Å². The molecule has 1 fully saturated rings. The Balaban J connectivity index is 1.92. The lowest BCUT2D eigenvalue weighted by atomic mass is 10.1. The number of alkyl halides is 3. The SMILES string of the molecule is O=C(O)c1c(F)n(-c2ccc(CN3CCCC3)cc2)c2c(OC(F)(F)F)cccc2c1=O. The number of carboxylic acid groups (broad SMARTS) is 1. The quantitative estimate of drug-likeness (QED) is 0.463. The van der Waals surface area contributed by atoms with Gasteiger partial charge in [0, 0.05) is 12.2 Å². The third-order valence-electron chi connectivity index (χ3n) is 5.34. The molecule has 2 heterocycles. The van der Waals surface area contributed by atoms with Crippen molar-refractivity contribution in [3.8, 4) is 11.4 Å². The number of ether oxygens (including phenoxy) is 1. The first-order valence-electron chi connectivity index (χ1n) is 9.83. The number of carboxylic acids is 1. The van der Waals surface area contributed by atoms with Crippen LogP contribution in [0, 0.1) is 5.95 Å². The Labute approximate surface area is 179 Å². The van der Waals surface area contributed by atoms with Gasteiger partial charge in [-0.3, -0.25) is 14.3 Å². The number of hydrogen-bond acceptors (Lipinski definition) is 4. The fourth-order valence-corrected chi connectivity index (χ4v) is 3.96. The van der Waals surface area contributed by atoms with Gasteiger partial charge in [-0.05, 0) is 55.8 Å². The summed E-state index contributed by atoms with van der Waals surface area (Å²) in [6, 6.07) is 9.48. The molecule has 0 radical (unpaired) electrons. The molecule has 168 valence electrons. The molecule has 1 aromatic heterocycles. The Bertz CT molecular complexity index is 1230. The summed E-state index contributed by atoms with van der Waals surface area (Å²) in [6.45, 7) is 2.58. The van der Waals surface area contributed by atoms with Crippen molar-refractivity contribution in [3.63, 3.8) is 0 Å². The van der Waals surface area contributed by atoms with Crippen molar-refractivity contribution in [2.45, 2.75) is 25.7 Å². The summed E-state index contributed by atoms with van der Waals surface area (Å²) in [4.78, 5) is 26.4. The Morgan fingerprint density at radius 1 is 1.06 bits per heavy atom. The average molecular weight is 450 g/mol. The molecule has 1 aliphatic rings. The van der Waals surface area contributed by atoms with Gasteiger partial charge in [-0.15, -0.1) is 13.2 Å². The number of likely N-dealkylation sites (tertiary alicyclic amines) is 1. The maximum atomic E-state index is 15.3. The van der Waals surface area contributed by atoms with Crippen LogP contribution in [0.4, 0.5) is 17.6 Å². The molecule has 1 N–H and O–H groups in total. The van der Waals surface area contributed by atoms with E-state index in [4.69, 9.17) is 0 Å². The van der Waals surface area contributed by atoms with E-state index in [0.29, 0.717) is 11.1 Å². The van der Waals surface area contributed by atoms with E-state index in [1.165, 1.54) is 12.1 Å². The number of aromatic nitrogens is 1. The number of rotatable bonds is 5. The molecule has 0 bridgehead atoms. The van der Waals surface area contributed by atoms with E-state index >= 15 is 4.39 Å². The first-order valence-corrected chi connectivity index (χ1v) is 9.83. The maximum Gasteiger partial charge on any atom is 0.573 e. The van der Waals surface area contributed by atoms with Gasteiger partial charge < -0.3 is 9.84 Å². The first-order chi connectivity index (χ1) is 15.2. The molecule has 4 rings (SSSR count). The summed E-state index contributed by atoms with van der Waals surface area (Å²) in [5.74, 6) is -4.12. The predicted octanol–water partition coefficient (Wildman–Crippen LogP) is 4.32. The molecule has 3 aromatic rings. The van der Waals surface area contributed by atoms with Crippen molar-refractivity contribution in [3.05, 3.63) is 69.8 Å². The molecule has 6 nitrogen and oxygen atoms in total. The lowest BCUT2D eigenvalue weighted by Gasteiger charge is -2.19. The van der Waals surface area contributed by atoms with Crippen LogP contribution >= 0.6 is 0 Å². The van der Waals surface area contributed by atoms with Crippen LogP contribution < -0.4 is 10.2 Å². The number of hydrogen-bond donors (Lipinski definition) is 1. The molecule has 0 aliphatic carbocycles. The molecular weight excluding hydrogens is 432 g/mol. The summed E-state index contributed by atoms with van der Waals surface area (Å²) in [6.07, 6.45) is -2.89. The number of halogens is 4. The monoisotopic (exact) mass is 450 g/mol. The van der Waals surface area contributed by atoms with Crippen LogP contribution in [0.1, 0.15) is 28.8 Å². The minimum absolute atomic E-state index is 0.0541. The number of aromatic carboxylic acids is 1. The lowest BCUT2D eigenvalue weighted by Crippen LogP contribution is -2.24. The number of pyridine rings is 1. The van der Waals surface area contributed by atoms with Crippen LogP contribution in [0.5, 0.6) is 5.75 Å². The minimum atomic E-state index is -5.10. The van der Waals surface area contributed by atoms with E-state index in [9.17, 15) is 27.9 Å². The molecule has 0 unspecified atom stereocenters.